The summed E-state index contributed by atoms with van der Waals surface area (Å²) in [6.45, 7) is 7.15. The number of amides is 1. The van der Waals surface area contributed by atoms with Crippen molar-refractivity contribution in [2.75, 3.05) is 19.6 Å². The molecule has 0 aromatic heterocycles. The number of hydrogen-bond acceptors (Lipinski definition) is 7. The summed E-state index contributed by atoms with van der Waals surface area (Å²) >= 11 is 0. The lowest BCUT2D eigenvalue weighted by atomic mass is 9.77. The molecule has 0 bridgehead atoms. The van der Waals surface area contributed by atoms with Gasteiger partial charge in [0, 0.05) is 43.8 Å². The maximum Gasteiger partial charge on any atom is 0.224 e. The monoisotopic (exact) mass is 449 g/mol. The van der Waals surface area contributed by atoms with E-state index >= 15 is 0 Å². The van der Waals surface area contributed by atoms with E-state index in [4.69, 9.17) is 11.5 Å². The number of piperidine rings is 2. The average molecular weight is 450 g/mol. The molecule has 8 heteroatoms. The van der Waals surface area contributed by atoms with E-state index in [0.29, 0.717) is 30.6 Å². The molecule has 184 valence electrons. The van der Waals surface area contributed by atoms with E-state index in [-0.39, 0.29) is 30.3 Å². The SMILES string of the molecule is CC(C)C1CC(NC2NC(N3CCC[C@H](N)C3)NCC2C(N)=O)CC(C2CCCCC2)N1. The molecule has 1 aliphatic carbocycles. The molecule has 32 heavy (non-hydrogen) atoms. The number of rotatable bonds is 6. The summed E-state index contributed by atoms with van der Waals surface area (Å²) in [5, 5.41) is 15.1. The normalized spacial score (nSPS) is 40.4. The molecule has 7 atom stereocenters. The van der Waals surface area contributed by atoms with E-state index in [1.165, 1.54) is 32.1 Å². The van der Waals surface area contributed by atoms with Crippen molar-refractivity contribution in [2.24, 2.45) is 29.2 Å². The zero-order valence-electron chi connectivity index (χ0n) is 20.2. The second-order valence-corrected chi connectivity index (χ2v) is 11.2. The molecular weight excluding hydrogens is 402 g/mol. The van der Waals surface area contributed by atoms with Crippen LogP contribution in [0.5, 0.6) is 0 Å². The molecule has 3 saturated heterocycles. The third-order valence-electron chi connectivity index (χ3n) is 8.43. The Morgan fingerprint density at radius 2 is 1.84 bits per heavy atom. The number of carbonyl (C=O) groups excluding carboxylic acids is 1. The van der Waals surface area contributed by atoms with E-state index < -0.39 is 0 Å². The van der Waals surface area contributed by atoms with Crippen molar-refractivity contribution < 1.29 is 4.79 Å². The van der Waals surface area contributed by atoms with Gasteiger partial charge in [-0.1, -0.05) is 33.1 Å². The van der Waals surface area contributed by atoms with Crippen LogP contribution in [0.1, 0.15) is 71.6 Å². The number of primary amides is 1. The lowest BCUT2D eigenvalue weighted by Crippen LogP contribution is -2.72. The third-order valence-corrected chi connectivity index (χ3v) is 8.43. The fraction of sp³-hybridized carbons (Fsp3) is 0.958. The quantitative estimate of drug-likeness (QED) is 0.352. The van der Waals surface area contributed by atoms with Gasteiger partial charge in [-0.3, -0.25) is 25.6 Å². The smallest absolute Gasteiger partial charge is 0.224 e. The van der Waals surface area contributed by atoms with Crippen LogP contribution >= 0.6 is 0 Å². The number of nitrogens with zero attached hydrogens (tertiary/aromatic N) is 1. The minimum absolute atomic E-state index is 0.0335. The van der Waals surface area contributed by atoms with E-state index in [1.54, 1.807) is 0 Å². The molecule has 8 nitrogen and oxygen atoms in total. The van der Waals surface area contributed by atoms with Crippen LogP contribution in [0, 0.1) is 17.8 Å². The summed E-state index contributed by atoms with van der Waals surface area (Å²) in [5.41, 5.74) is 12.1. The summed E-state index contributed by atoms with van der Waals surface area (Å²) in [5.74, 6) is 0.881. The fourth-order valence-corrected chi connectivity index (χ4v) is 6.48. The summed E-state index contributed by atoms with van der Waals surface area (Å²) in [7, 11) is 0. The van der Waals surface area contributed by atoms with Crippen molar-refractivity contribution in [3.05, 3.63) is 0 Å². The first-order chi connectivity index (χ1) is 15.4. The number of nitrogens with two attached hydrogens (primary N) is 2. The van der Waals surface area contributed by atoms with Gasteiger partial charge in [0.15, 0.2) is 0 Å². The van der Waals surface area contributed by atoms with Crippen LogP contribution in [0.15, 0.2) is 0 Å². The molecule has 4 fully saturated rings. The summed E-state index contributed by atoms with van der Waals surface area (Å²) in [6, 6.07) is 1.69. The second kappa shape index (κ2) is 11.1. The Morgan fingerprint density at radius 1 is 1.06 bits per heavy atom. The van der Waals surface area contributed by atoms with E-state index in [0.717, 1.165) is 44.7 Å². The highest BCUT2D eigenvalue weighted by Crippen LogP contribution is 2.32. The number of carbonyl (C=O) groups is 1. The average Bonchev–Trinajstić information content (AvgIpc) is 2.79. The maximum absolute atomic E-state index is 12.3. The first-order valence-electron chi connectivity index (χ1n) is 13.2. The molecule has 6 unspecified atom stereocenters. The van der Waals surface area contributed by atoms with Gasteiger partial charge in [-0.05, 0) is 50.4 Å². The third kappa shape index (κ3) is 6.02. The van der Waals surface area contributed by atoms with E-state index in [9.17, 15) is 4.79 Å². The van der Waals surface area contributed by atoms with Gasteiger partial charge in [0.2, 0.25) is 5.91 Å². The van der Waals surface area contributed by atoms with Gasteiger partial charge in [0.25, 0.3) is 0 Å². The molecule has 3 heterocycles. The lowest BCUT2D eigenvalue weighted by Gasteiger charge is -2.48. The first-order valence-corrected chi connectivity index (χ1v) is 13.2. The van der Waals surface area contributed by atoms with E-state index in [2.05, 4.69) is 40.0 Å². The van der Waals surface area contributed by atoms with Crippen molar-refractivity contribution in [1.29, 1.82) is 0 Å². The van der Waals surface area contributed by atoms with Crippen molar-refractivity contribution in [1.82, 2.24) is 26.2 Å². The van der Waals surface area contributed by atoms with Gasteiger partial charge in [0.1, 0.15) is 6.29 Å². The molecule has 0 spiro atoms. The predicted octanol–water partition coefficient (Wildman–Crippen LogP) is 0.629. The Hall–Kier alpha value is -0.770. The number of hydrogen-bond donors (Lipinski definition) is 6. The largest absolute Gasteiger partial charge is 0.369 e. The molecule has 4 rings (SSSR count). The predicted molar refractivity (Wildman–Crippen MR) is 128 cm³/mol. The van der Waals surface area contributed by atoms with Crippen LogP contribution < -0.4 is 32.7 Å². The van der Waals surface area contributed by atoms with E-state index in [1.807, 2.05) is 0 Å². The van der Waals surface area contributed by atoms with Gasteiger partial charge in [0.05, 0.1) is 12.1 Å². The molecule has 8 N–H and O–H groups in total. The van der Waals surface area contributed by atoms with Crippen LogP contribution in [0.3, 0.4) is 0 Å². The molecule has 3 aliphatic heterocycles. The highest BCUT2D eigenvalue weighted by molar-refractivity contribution is 5.77. The molecule has 1 saturated carbocycles. The topological polar surface area (TPSA) is 120 Å². The molecule has 0 aromatic rings. The molecule has 0 radical (unpaired) electrons. The number of nitrogens with one attached hydrogen (secondary N) is 4. The molecular formula is C24H47N7O. The van der Waals surface area contributed by atoms with Gasteiger partial charge in [-0.15, -0.1) is 0 Å². The second-order valence-electron chi connectivity index (χ2n) is 11.2. The van der Waals surface area contributed by atoms with Crippen LogP contribution in [0.4, 0.5) is 0 Å². The van der Waals surface area contributed by atoms with Crippen molar-refractivity contribution in [3.63, 3.8) is 0 Å². The van der Waals surface area contributed by atoms with Gasteiger partial charge >= 0.3 is 0 Å². The van der Waals surface area contributed by atoms with Crippen LogP contribution in [-0.4, -0.2) is 67.1 Å². The zero-order valence-corrected chi connectivity index (χ0v) is 20.2. The van der Waals surface area contributed by atoms with Gasteiger partial charge in [-0.2, -0.15) is 0 Å². The lowest BCUT2D eigenvalue weighted by molar-refractivity contribution is -0.124. The fourth-order valence-electron chi connectivity index (χ4n) is 6.48. The highest BCUT2D eigenvalue weighted by Gasteiger charge is 2.40. The first kappa shape index (κ1) is 24.4. The molecule has 4 aliphatic rings. The van der Waals surface area contributed by atoms with Gasteiger partial charge in [-0.25, -0.2) is 0 Å². The molecule has 1 amide bonds. The molecule has 0 aromatic carbocycles. The summed E-state index contributed by atoms with van der Waals surface area (Å²) < 4.78 is 0. The van der Waals surface area contributed by atoms with Crippen LogP contribution in [0.2, 0.25) is 0 Å². The number of likely N-dealkylation sites (tertiary alicyclic amines) is 1. The van der Waals surface area contributed by atoms with Crippen molar-refractivity contribution in [3.8, 4) is 0 Å². The standard InChI is InChI=1S/C24H47N7O/c1-15(2)20-11-18(12-21(29-20)16-7-4-3-5-8-16)28-23-19(22(26)32)13-27-24(30-23)31-10-6-9-17(25)14-31/h15-21,23-24,27-30H,3-14,25H2,1-2H3,(H2,26,32)/t17-,18?,19?,20?,21?,23?,24?/m0/s1. The van der Waals surface area contributed by atoms with Crippen molar-refractivity contribution >= 4 is 5.91 Å². The van der Waals surface area contributed by atoms with Crippen molar-refractivity contribution in [2.45, 2.75) is 108 Å². The van der Waals surface area contributed by atoms with Crippen LogP contribution in [-0.2, 0) is 4.79 Å². The van der Waals surface area contributed by atoms with Gasteiger partial charge < -0.3 is 16.8 Å². The Morgan fingerprint density at radius 3 is 2.53 bits per heavy atom. The summed E-state index contributed by atoms with van der Waals surface area (Å²) in [6.07, 6.45) is 11.2. The Bertz CT molecular complexity index is 611. The summed E-state index contributed by atoms with van der Waals surface area (Å²) in [4.78, 5) is 14.7. The highest BCUT2D eigenvalue weighted by atomic mass is 16.1. The Labute approximate surface area is 194 Å². The maximum atomic E-state index is 12.3. The Balaban J connectivity index is 1.43. The zero-order chi connectivity index (χ0) is 22.7. The minimum atomic E-state index is -0.259. The Kier molecular flexibility index (Phi) is 8.45. The minimum Gasteiger partial charge on any atom is -0.369 e. The van der Waals surface area contributed by atoms with Crippen LogP contribution in [0.25, 0.3) is 0 Å².